The fraction of sp³-hybridized carbons (Fsp3) is 0.538. The summed E-state index contributed by atoms with van der Waals surface area (Å²) in [7, 11) is 3.06. The van der Waals surface area contributed by atoms with Crippen LogP contribution in [-0.2, 0) is 0 Å². The molecular formula is C13H19FN2O2. The number of anilines is 1. The van der Waals surface area contributed by atoms with Crippen molar-refractivity contribution in [3.05, 3.63) is 17.9 Å². The van der Waals surface area contributed by atoms with Gasteiger partial charge in [-0.3, -0.25) is 0 Å². The quantitative estimate of drug-likeness (QED) is 0.889. The number of hydrogen-bond acceptors (Lipinski definition) is 4. The van der Waals surface area contributed by atoms with Gasteiger partial charge in [0.05, 0.1) is 19.9 Å². The Labute approximate surface area is 107 Å². The van der Waals surface area contributed by atoms with Crippen LogP contribution in [0.1, 0.15) is 6.92 Å². The molecule has 1 N–H and O–H groups in total. The van der Waals surface area contributed by atoms with Gasteiger partial charge in [0.15, 0.2) is 11.5 Å². The predicted octanol–water partition coefficient (Wildman–Crippen LogP) is 1.64. The second kappa shape index (κ2) is 5.44. The van der Waals surface area contributed by atoms with Crippen molar-refractivity contribution in [2.75, 3.05) is 38.8 Å². The van der Waals surface area contributed by atoms with E-state index in [4.69, 9.17) is 9.47 Å². The van der Waals surface area contributed by atoms with Gasteiger partial charge >= 0.3 is 0 Å². The molecule has 1 aromatic carbocycles. The highest BCUT2D eigenvalue weighted by Gasteiger charge is 2.21. The number of ether oxygens (including phenoxy) is 2. The predicted molar refractivity (Wildman–Crippen MR) is 69.2 cm³/mol. The van der Waals surface area contributed by atoms with Crippen molar-refractivity contribution in [2.24, 2.45) is 0 Å². The lowest BCUT2D eigenvalue weighted by molar-refractivity contribution is 0.352. The maximum absolute atomic E-state index is 14.1. The van der Waals surface area contributed by atoms with Crippen molar-refractivity contribution in [1.82, 2.24) is 5.32 Å². The van der Waals surface area contributed by atoms with Gasteiger partial charge in [-0.05, 0) is 6.92 Å². The van der Waals surface area contributed by atoms with Gasteiger partial charge in [-0.2, -0.15) is 0 Å². The van der Waals surface area contributed by atoms with E-state index in [1.54, 1.807) is 13.2 Å². The smallest absolute Gasteiger partial charge is 0.163 e. The number of halogens is 1. The highest BCUT2D eigenvalue weighted by atomic mass is 19.1. The fourth-order valence-corrected chi connectivity index (χ4v) is 2.24. The Morgan fingerprint density at radius 3 is 2.56 bits per heavy atom. The van der Waals surface area contributed by atoms with Crippen molar-refractivity contribution in [2.45, 2.75) is 13.0 Å². The Balaban J connectivity index is 2.32. The molecule has 1 aliphatic rings. The number of rotatable bonds is 3. The largest absolute Gasteiger partial charge is 0.493 e. The maximum atomic E-state index is 14.1. The molecular weight excluding hydrogens is 235 g/mol. The topological polar surface area (TPSA) is 33.7 Å². The van der Waals surface area contributed by atoms with Crippen LogP contribution in [0.4, 0.5) is 10.1 Å². The highest BCUT2D eigenvalue weighted by molar-refractivity contribution is 5.58. The molecule has 1 saturated heterocycles. The summed E-state index contributed by atoms with van der Waals surface area (Å²) in [5, 5.41) is 3.33. The van der Waals surface area contributed by atoms with Crippen molar-refractivity contribution in [3.63, 3.8) is 0 Å². The third-order valence-electron chi connectivity index (χ3n) is 3.16. The van der Waals surface area contributed by atoms with Crippen molar-refractivity contribution >= 4 is 5.69 Å². The van der Waals surface area contributed by atoms with Crippen LogP contribution in [0.15, 0.2) is 12.1 Å². The van der Waals surface area contributed by atoms with Crippen molar-refractivity contribution in [1.29, 1.82) is 0 Å². The van der Waals surface area contributed by atoms with Gasteiger partial charge in [0.2, 0.25) is 0 Å². The monoisotopic (exact) mass is 254 g/mol. The second-order valence-corrected chi connectivity index (χ2v) is 4.46. The van der Waals surface area contributed by atoms with E-state index < -0.39 is 0 Å². The summed E-state index contributed by atoms with van der Waals surface area (Å²) in [4.78, 5) is 2.03. The number of benzene rings is 1. The first-order valence-electron chi connectivity index (χ1n) is 6.05. The van der Waals surface area contributed by atoms with Crippen LogP contribution in [0.3, 0.4) is 0 Å². The minimum Gasteiger partial charge on any atom is -0.493 e. The van der Waals surface area contributed by atoms with Crippen LogP contribution in [0.2, 0.25) is 0 Å². The lowest BCUT2D eigenvalue weighted by atomic mass is 10.2. The first kappa shape index (κ1) is 13.0. The van der Waals surface area contributed by atoms with E-state index in [9.17, 15) is 4.39 Å². The van der Waals surface area contributed by atoms with Crippen molar-refractivity contribution < 1.29 is 13.9 Å². The molecule has 1 fully saturated rings. The molecule has 0 aromatic heterocycles. The molecule has 1 aliphatic heterocycles. The molecule has 2 rings (SSSR count). The number of nitrogens with one attached hydrogen (secondary N) is 1. The number of piperazine rings is 1. The molecule has 5 heteroatoms. The lowest BCUT2D eigenvalue weighted by Gasteiger charge is -2.34. The van der Waals surface area contributed by atoms with Crippen LogP contribution in [0.25, 0.3) is 0 Å². The molecule has 1 atom stereocenters. The van der Waals surface area contributed by atoms with Crippen LogP contribution < -0.4 is 19.7 Å². The fourth-order valence-electron chi connectivity index (χ4n) is 2.24. The van der Waals surface area contributed by atoms with Gasteiger partial charge in [-0.25, -0.2) is 4.39 Å². The van der Waals surface area contributed by atoms with Gasteiger partial charge in [0.1, 0.15) is 5.82 Å². The first-order valence-corrected chi connectivity index (χ1v) is 6.05. The van der Waals surface area contributed by atoms with E-state index in [2.05, 4.69) is 12.2 Å². The SMILES string of the molecule is COc1cc(F)c(N2CCN[C@H](C)C2)cc1OC. The third kappa shape index (κ3) is 2.51. The summed E-state index contributed by atoms with van der Waals surface area (Å²) in [6, 6.07) is 3.43. The van der Waals surface area contributed by atoms with E-state index in [1.807, 2.05) is 4.90 Å². The third-order valence-corrected chi connectivity index (χ3v) is 3.16. The van der Waals surface area contributed by atoms with Gasteiger partial charge in [0.25, 0.3) is 0 Å². The van der Waals surface area contributed by atoms with Crippen LogP contribution >= 0.6 is 0 Å². The molecule has 0 unspecified atom stereocenters. The Morgan fingerprint density at radius 1 is 1.28 bits per heavy atom. The molecule has 100 valence electrons. The van der Waals surface area contributed by atoms with Crippen LogP contribution in [0.5, 0.6) is 11.5 Å². The van der Waals surface area contributed by atoms with Gasteiger partial charge in [0, 0.05) is 37.8 Å². The summed E-state index contributed by atoms with van der Waals surface area (Å²) in [5.74, 6) is 0.698. The minimum atomic E-state index is -0.276. The molecule has 18 heavy (non-hydrogen) atoms. The normalized spacial score (nSPS) is 19.8. The molecule has 0 bridgehead atoms. The lowest BCUT2D eigenvalue weighted by Crippen LogP contribution is -2.49. The van der Waals surface area contributed by atoms with E-state index in [0.717, 1.165) is 19.6 Å². The summed E-state index contributed by atoms with van der Waals surface area (Å²) in [5.41, 5.74) is 0.570. The van der Waals surface area contributed by atoms with Gasteiger partial charge < -0.3 is 19.7 Å². The standard InChI is InChI=1S/C13H19FN2O2/c1-9-8-16(5-4-15-9)11-7-13(18-3)12(17-2)6-10(11)14/h6-7,9,15H,4-5,8H2,1-3H3/t9-/m1/s1. The average molecular weight is 254 g/mol. The number of nitrogens with zero attached hydrogens (tertiary/aromatic N) is 1. The molecule has 0 amide bonds. The zero-order valence-corrected chi connectivity index (χ0v) is 11.0. The second-order valence-electron chi connectivity index (χ2n) is 4.46. The number of hydrogen-bond donors (Lipinski definition) is 1. The maximum Gasteiger partial charge on any atom is 0.163 e. The summed E-state index contributed by atoms with van der Waals surface area (Å²) in [6.07, 6.45) is 0. The highest BCUT2D eigenvalue weighted by Crippen LogP contribution is 2.34. The molecule has 0 aliphatic carbocycles. The molecule has 0 saturated carbocycles. The zero-order valence-electron chi connectivity index (χ0n) is 11.0. The summed E-state index contributed by atoms with van der Waals surface area (Å²) >= 11 is 0. The van der Waals surface area contributed by atoms with E-state index >= 15 is 0 Å². The molecule has 1 aromatic rings. The van der Waals surface area contributed by atoms with E-state index in [0.29, 0.717) is 23.2 Å². The summed E-state index contributed by atoms with van der Waals surface area (Å²) in [6.45, 7) is 4.52. The first-order chi connectivity index (χ1) is 8.65. The molecule has 1 heterocycles. The van der Waals surface area contributed by atoms with Gasteiger partial charge in [-0.15, -0.1) is 0 Å². The molecule has 0 radical (unpaired) electrons. The minimum absolute atomic E-state index is 0.276. The Morgan fingerprint density at radius 2 is 1.94 bits per heavy atom. The Hall–Kier alpha value is -1.49. The van der Waals surface area contributed by atoms with E-state index in [1.165, 1.54) is 13.2 Å². The van der Waals surface area contributed by atoms with Crippen LogP contribution in [0, 0.1) is 5.82 Å². The molecule has 0 spiro atoms. The zero-order chi connectivity index (χ0) is 13.1. The Bertz CT molecular complexity index is 426. The average Bonchev–Trinajstić information content (AvgIpc) is 2.38. The van der Waals surface area contributed by atoms with Gasteiger partial charge in [-0.1, -0.05) is 0 Å². The van der Waals surface area contributed by atoms with E-state index in [-0.39, 0.29) is 5.82 Å². The Kier molecular flexibility index (Phi) is 3.91. The van der Waals surface area contributed by atoms with Crippen molar-refractivity contribution in [3.8, 4) is 11.5 Å². The number of methoxy groups -OCH3 is 2. The summed E-state index contributed by atoms with van der Waals surface area (Å²) < 4.78 is 24.4. The molecule has 4 nitrogen and oxygen atoms in total. The van der Waals surface area contributed by atoms with Crippen LogP contribution in [-0.4, -0.2) is 39.9 Å².